The number of ketones is 1. The molecule has 0 radical (unpaired) electrons. The Balaban J connectivity index is 1.64. The van der Waals surface area contributed by atoms with Crippen molar-refractivity contribution in [1.82, 2.24) is 9.97 Å². The summed E-state index contributed by atoms with van der Waals surface area (Å²) in [5, 5.41) is 3.47. The van der Waals surface area contributed by atoms with E-state index in [1.54, 1.807) is 0 Å². The highest BCUT2D eigenvalue weighted by atomic mass is 16.1. The first-order valence-corrected chi connectivity index (χ1v) is 11.2. The molecule has 0 amide bonds. The van der Waals surface area contributed by atoms with Gasteiger partial charge in [0, 0.05) is 42.3 Å². The summed E-state index contributed by atoms with van der Waals surface area (Å²) in [4.78, 5) is 24.8. The molecule has 3 N–H and O–H groups in total. The smallest absolute Gasteiger partial charge is 0.229 e. The van der Waals surface area contributed by atoms with Gasteiger partial charge in [0.05, 0.1) is 0 Å². The molecule has 0 spiro atoms. The van der Waals surface area contributed by atoms with E-state index in [1.165, 1.54) is 12.0 Å². The van der Waals surface area contributed by atoms with Gasteiger partial charge < -0.3 is 16.0 Å². The fourth-order valence-electron chi connectivity index (χ4n) is 4.98. The molecule has 1 aromatic heterocycles. The number of fused-ring (bicyclic) bond motifs is 1. The number of nitrogens with zero attached hydrogens (tertiary/aromatic N) is 3. The molecule has 1 aromatic carbocycles. The van der Waals surface area contributed by atoms with Gasteiger partial charge in [0.1, 0.15) is 11.6 Å². The molecule has 3 heterocycles. The van der Waals surface area contributed by atoms with Gasteiger partial charge in [-0.05, 0) is 49.7 Å². The molecule has 2 aromatic rings. The quantitative estimate of drug-likeness (QED) is 0.800. The number of anilines is 3. The number of nitrogens with one attached hydrogen (secondary N) is 1. The summed E-state index contributed by atoms with van der Waals surface area (Å²) >= 11 is 0. The van der Waals surface area contributed by atoms with Crippen LogP contribution in [0, 0.1) is 0 Å². The number of nitrogen functional groups attached to an aromatic ring is 1. The third kappa shape index (κ3) is 3.24. The number of piperidine rings is 1. The van der Waals surface area contributed by atoms with E-state index in [0.29, 0.717) is 18.2 Å². The van der Waals surface area contributed by atoms with Gasteiger partial charge in [-0.2, -0.15) is 9.97 Å². The molecule has 3 aliphatic rings. The van der Waals surface area contributed by atoms with E-state index in [0.717, 1.165) is 73.4 Å². The van der Waals surface area contributed by atoms with Crippen LogP contribution in [0.3, 0.4) is 0 Å². The summed E-state index contributed by atoms with van der Waals surface area (Å²) in [6, 6.07) is 8.54. The van der Waals surface area contributed by atoms with Gasteiger partial charge in [0.2, 0.25) is 5.95 Å². The van der Waals surface area contributed by atoms with Crippen LogP contribution < -0.4 is 16.0 Å². The van der Waals surface area contributed by atoms with Crippen molar-refractivity contribution >= 4 is 23.4 Å². The first kappa shape index (κ1) is 19.1. The standard InChI is InChI=1S/C24H29N5O/c1-2-15-9-11-16(12-10-15)19-20-17(7-6-8-18(20)30)26-23-21(19)22(25)27-24(28-23)29-13-4-3-5-14-29/h9-12,19H,2-8,13-14H2,1H3,(H3,25,26,27,28)/t19-/m1/s1. The summed E-state index contributed by atoms with van der Waals surface area (Å²) in [6.45, 7) is 4.08. The Morgan fingerprint density at radius 3 is 2.57 bits per heavy atom. The molecule has 5 rings (SSSR count). The zero-order valence-electron chi connectivity index (χ0n) is 17.6. The van der Waals surface area contributed by atoms with Gasteiger partial charge in [0.25, 0.3) is 0 Å². The number of carbonyl (C=O) groups is 1. The lowest BCUT2D eigenvalue weighted by atomic mass is 9.76. The monoisotopic (exact) mass is 403 g/mol. The first-order chi connectivity index (χ1) is 14.7. The van der Waals surface area contributed by atoms with Crippen molar-refractivity contribution in [3.63, 3.8) is 0 Å². The van der Waals surface area contributed by atoms with Crippen molar-refractivity contribution in [2.45, 2.75) is 57.8 Å². The van der Waals surface area contributed by atoms with Crippen LogP contribution in [0.25, 0.3) is 0 Å². The molecule has 0 bridgehead atoms. The van der Waals surface area contributed by atoms with Crippen molar-refractivity contribution in [3.8, 4) is 0 Å². The van der Waals surface area contributed by atoms with Crippen molar-refractivity contribution < 1.29 is 4.79 Å². The van der Waals surface area contributed by atoms with E-state index in [2.05, 4.69) is 41.4 Å². The molecular weight excluding hydrogens is 374 g/mol. The van der Waals surface area contributed by atoms with Gasteiger partial charge in [-0.25, -0.2) is 0 Å². The normalized spacial score (nSPS) is 21.2. The van der Waals surface area contributed by atoms with Crippen LogP contribution in [-0.4, -0.2) is 28.8 Å². The fourth-order valence-corrected chi connectivity index (χ4v) is 4.98. The van der Waals surface area contributed by atoms with E-state index >= 15 is 0 Å². The van der Waals surface area contributed by atoms with E-state index in [-0.39, 0.29) is 11.7 Å². The number of hydrogen-bond acceptors (Lipinski definition) is 6. The van der Waals surface area contributed by atoms with Gasteiger partial charge in [-0.1, -0.05) is 31.2 Å². The molecule has 2 aliphatic heterocycles. The first-order valence-electron chi connectivity index (χ1n) is 11.2. The van der Waals surface area contributed by atoms with Crippen molar-refractivity contribution in [1.29, 1.82) is 0 Å². The Kier molecular flexibility index (Phi) is 4.93. The number of aromatic nitrogens is 2. The van der Waals surface area contributed by atoms with Crippen molar-refractivity contribution in [2.24, 2.45) is 0 Å². The van der Waals surface area contributed by atoms with Gasteiger partial charge in [-0.3, -0.25) is 4.79 Å². The van der Waals surface area contributed by atoms with Crippen molar-refractivity contribution in [2.75, 3.05) is 29.0 Å². The van der Waals surface area contributed by atoms with Crippen LogP contribution >= 0.6 is 0 Å². The molecule has 30 heavy (non-hydrogen) atoms. The highest BCUT2D eigenvalue weighted by Crippen LogP contribution is 2.47. The number of rotatable bonds is 3. The lowest BCUT2D eigenvalue weighted by Crippen LogP contribution is -2.33. The summed E-state index contributed by atoms with van der Waals surface area (Å²) in [5.74, 6) is 1.94. The molecule has 1 aliphatic carbocycles. The highest BCUT2D eigenvalue weighted by molar-refractivity contribution is 6.01. The zero-order chi connectivity index (χ0) is 20.7. The van der Waals surface area contributed by atoms with Gasteiger partial charge in [-0.15, -0.1) is 0 Å². The van der Waals surface area contributed by atoms with Gasteiger partial charge in [0.15, 0.2) is 5.78 Å². The fraction of sp³-hybridized carbons (Fsp3) is 0.458. The minimum atomic E-state index is -0.203. The minimum Gasteiger partial charge on any atom is -0.383 e. The largest absolute Gasteiger partial charge is 0.383 e. The summed E-state index contributed by atoms with van der Waals surface area (Å²) in [6.07, 6.45) is 6.89. The van der Waals surface area contributed by atoms with E-state index in [9.17, 15) is 4.79 Å². The van der Waals surface area contributed by atoms with Crippen LogP contribution in [0.1, 0.15) is 68.1 Å². The third-order valence-corrected chi connectivity index (χ3v) is 6.63. The predicted molar refractivity (Wildman–Crippen MR) is 120 cm³/mol. The highest BCUT2D eigenvalue weighted by Gasteiger charge is 2.38. The predicted octanol–water partition coefficient (Wildman–Crippen LogP) is 4.18. The maximum atomic E-state index is 13.0. The lowest BCUT2D eigenvalue weighted by Gasteiger charge is -2.35. The Hall–Kier alpha value is -2.89. The van der Waals surface area contributed by atoms with E-state index < -0.39 is 0 Å². The van der Waals surface area contributed by atoms with Crippen LogP contribution in [0.5, 0.6) is 0 Å². The molecule has 156 valence electrons. The second-order valence-corrected chi connectivity index (χ2v) is 8.54. The SMILES string of the molecule is CCc1ccc([C@@H]2C3=C(CCCC3=O)Nc3nc(N4CCCCC4)nc(N)c32)cc1. The van der Waals surface area contributed by atoms with E-state index in [4.69, 9.17) is 15.7 Å². The lowest BCUT2D eigenvalue weighted by molar-refractivity contribution is -0.116. The van der Waals surface area contributed by atoms with E-state index in [1.807, 2.05) is 0 Å². The number of aryl methyl sites for hydroxylation is 1. The Morgan fingerprint density at radius 2 is 1.83 bits per heavy atom. The summed E-state index contributed by atoms with van der Waals surface area (Å²) < 4.78 is 0. The van der Waals surface area contributed by atoms with Crippen LogP contribution in [0.15, 0.2) is 35.5 Å². The molecule has 6 nitrogen and oxygen atoms in total. The average molecular weight is 404 g/mol. The Bertz CT molecular complexity index is 1010. The Morgan fingerprint density at radius 1 is 1.07 bits per heavy atom. The topological polar surface area (TPSA) is 84.1 Å². The number of nitrogens with two attached hydrogens (primary N) is 1. The zero-order valence-corrected chi connectivity index (χ0v) is 17.6. The maximum absolute atomic E-state index is 13.0. The number of allylic oxidation sites excluding steroid dienone is 2. The second kappa shape index (κ2) is 7.74. The average Bonchev–Trinajstić information content (AvgIpc) is 2.78. The summed E-state index contributed by atoms with van der Waals surface area (Å²) in [7, 11) is 0. The maximum Gasteiger partial charge on any atom is 0.229 e. The van der Waals surface area contributed by atoms with Gasteiger partial charge >= 0.3 is 0 Å². The van der Waals surface area contributed by atoms with Crippen LogP contribution in [0.2, 0.25) is 0 Å². The van der Waals surface area contributed by atoms with Crippen LogP contribution in [-0.2, 0) is 11.2 Å². The van der Waals surface area contributed by atoms with Crippen LogP contribution in [0.4, 0.5) is 17.6 Å². The molecule has 1 fully saturated rings. The Labute approximate surface area is 177 Å². The second-order valence-electron chi connectivity index (χ2n) is 8.54. The number of carbonyl (C=O) groups excluding carboxylic acids is 1. The molecular formula is C24H29N5O. The summed E-state index contributed by atoms with van der Waals surface area (Å²) in [5.41, 5.74) is 11.6. The van der Waals surface area contributed by atoms with Crippen molar-refractivity contribution in [3.05, 3.63) is 52.2 Å². The number of hydrogen-bond donors (Lipinski definition) is 2. The number of benzene rings is 1. The number of Topliss-reactive ketones (excluding diaryl/α,β-unsaturated/α-hetero) is 1. The molecule has 1 atom stereocenters. The molecule has 1 saturated heterocycles. The minimum absolute atomic E-state index is 0.203. The molecule has 0 saturated carbocycles. The molecule has 6 heteroatoms. The third-order valence-electron chi connectivity index (χ3n) is 6.63. The molecule has 0 unspecified atom stereocenters.